The monoisotopic (exact) mass is 558 g/mol. The van der Waals surface area contributed by atoms with Gasteiger partial charge in [-0.15, -0.1) is 0 Å². The van der Waals surface area contributed by atoms with Crippen molar-refractivity contribution in [3.8, 4) is 5.75 Å². The first-order chi connectivity index (χ1) is 19.4. The van der Waals surface area contributed by atoms with Crippen molar-refractivity contribution in [2.24, 2.45) is 23.7 Å². The first-order valence-corrected chi connectivity index (χ1v) is 13.6. The molecule has 3 aliphatic rings. The van der Waals surface area contributed by atoms with Crippen molar-refractivity contribution < 1.29 is 28.7 Å². The molecule has 0 aromatic heterocycles. The summed E-state index contributed by atoms with van der Waals surface area (Å²) in [5.74, 6) is -1.11. The summed E-state index contributed by atoms with van der Waals surface area (Å²) in [6.07, 6.45) is 1.83. The van der Waals surface area contributed by atoms with E-state index in [4.69, 9.17) is 21.1 Å². The summed E-state index contributed by atoms with van der Waals surface area (Å²) in [5.41, 5.74) is 2.21. The van der Waals surface area contributed by atoms with Crippen LogP contribution >= 0.6 is 11.6 Å². The van der Waals surface area contributed by atoms with Gasteiger partial charge in [-0.1, -0.05) is 41.9 Å². The highest BCUT2D eigenvalue weighted by atomic mass is 35.5. The lowest BCUT2D eigenvalue weighted by molar-refractivity contribution is -0.123. The van der Waals surface area contributed by atoms with Crippen LogP contribution in [-0.4, -0.2) is 37.4 Å². The number of halogens is 1. The van der Waals surface area contributed by atoms with Crippen LogP contribution < -0.4 is 15.0 Å². The molecule has 2 saturated carbocycles. The number of esters is 1. The van der Waals surface area contributed by atoms with Crippen LogP contribution in [0.4, 0.5) is 11.4 Å². The molecule has 1 N–H and O–H groups in total. The highest BCUT2D eigenvalue weighted by Gasteiger charge is 2.64. The fourth-order valence-electron chi connectivity index (χ4n) is 6.72. The van der Waals surface area contributed by atoms with Gasteiger partial charge in [0.15, 0.2) is 6.61 Å². The number of ether oxygens (including phenoxy) is 2. The van der Waals surface area contributed by atoms with E-state index in [9.17, 15) is 19.2 Å². The molecule has 6 rings (SSSR count). The molecule has 40 heavy (non-hydrogen) atoms. The van der Waals surface area contributed by atoms with Gasteiger partial charge in [0, 0.05) is 5.02 Å². The van der Waals surface area contributed by atoms with Gasteiger partial charge < -0.3 is 14.8 Å². The van der Waals surface area contributed by atoms with E-state index in [0.717, 1.165) is 12.8 Å². The molecule has 204 valence electrons. The number of nitrogens with zero attached hydrogens (tertiary/aromatic N) is 1. The smallest absolute Gasteiger partial charge is 0.338 e. The molecular weight excluding hydrogens is 532 g/mol. The molecule has 3 fully saturated rings. The minimum absolute atomic E-state index is 0.155. The third kappa shape index (κ3) is 4.52. The first kappa shape index (κ1) is 26.1. The Balaban J connectivity index is 1.10. The number of methoxy groups -OCH3 is 1. The molecule has 2 bridgehead atoms. The number of amides is 3. The van der Waals surface area contributed by atoms with E-state index in [1.165, 1.54) is 35.8 Å². The fourth-order valence-corrected chi connectivity index (χ4v) is 6.89. The van der Waals surface area contributed by atoms with E-state index in [2.05, 4.69) is 17.4 Å². The minimum atomic E-state index is -0.709. The van der Waals surface area contributed by atoms with Crippen molar-refractivity contribution in [2.45, 2.75) is 18.8 Å². The van der Waals surface area contributed by atoms with Crippen LogP contribution in [0.2, 0.25) is 5.02 Å². The first-order valence-electron chi connectivity index (χ1n) is 13.2. The van der Waals surface area contributed by atoms with Crippen LogP contribution in [0.3, 0.4) is 0 Å². The fraction of sp³-hybridized carbons (Fsp3) is 0.290. The zero-order valence-electron chi connectivity index (χ0n) is 21.7. The van der Waals surface area contributed by atoms with Gasteiger partial charge in [0.05, 0.1) is 35.9 Å². The molecule has 1 saturated heterocycles. The number of fused-ring (bicyclic) bond motifs is 5. The lowest BCUT2D eigenvalue weighted by Gasteiger charge is -2.28. The highest BCUT2D eigenvalue weighted by Crippen LogP contribution is 2.61. The number of hydrogen-bond acceptors (Lipinski definition) is 6. The Morgan fingerprint density at radius 3 is 2.40 bits per heavy atom. The predicted octanol–water partition coefficient (Wildman–Crippen LogP) is 5.07. The average Bonchev–Trinajstić information content (AvgIpc) is 3.63. The topological polar surface area (TPSA) is 102 Å². The lowest BCUT2D eigenvalue weighted by Crippen LogP contribution is -2.33. The molecule has 5 atom stereocenters. The van der Waals surface area contributed by atoms with Gasteiger partial charge in [0.25, 0.3) is 5.91 Å². The average molecular weight is 559 g/mol. The molecule has 8 nitrogen and oxygen atoms in total. The maximum absolute atomic E-state index is 13.5. The number of carbonyl (C=O) groups is 4. The second-order valence-electron chi connectivity index (χ2n) is 10.5. The number of nitrogens with one attached hydrogen (secondary N) is 1. The zero-order chi connectivity index (χ0) is 28.0. The number of anilines is 2. The Morgan fingerprint density at radius 2 is 1.68 bits per heavy atom. The quantitative estimate of drug-likeness (QED) is 0.321. The van der Waals surface area contributed by atoms with Gasteiger partial charge in [-0.05, 0) is 78.6 Å². The third-order valence-corrected chi connectivity index (χ3v) is 8.61. The van der Waals surface area contributed by atoms with Crippen molar-refractivity contribution in [3.05, 3.63) is 88.9 Å². The standard InChI is InChI=1S/C31H27ClN2O6/c1-39-25-12-9-20(32)15-24(25)33-26(35)16-40-31(38)18-7-10-21(11-8-18)34-29(36)27-19-13-22(17-5-3-2-4-6-17)23(14-19)28(27)30(34)37/h2-12,15,19,22-23,27-28H,13-14,16H2,1H3,(H,33,35)/t19-,22-,23+,27+,28+/m0/s1. The molecule has 0 unspecified atom stereocenters. The van der Waals surface area contributed by atoms with E-state index in [1.54, 1.807) is 24.3 Å². The van der Waals surface area contributed by atoms with E-state index in [1.807, 2.05) is 18.2 Å². The molecular formula is C31H27ClN2O6. The Morgan fingerprint density at radius 1 is 0.950 bits per heavy atom. The SMILES string of the molecule is COc1ccc(Cl)cc1NC(=O)COC(=O)c1ccc(N2C(=O)[C@@H]3[C@@H]4C[C@@H]([C@H]3C2=O)[C@H](c2ccccc2)C4)cc1. The lowest BCUT2D eigenvalue weighted by atomic mass is 9.73. The van der Waals surface area contributed by atoms with Crippen LogP contribution in [0.5, 0.6) is 5.75 Å². The number of hydrogen-bond donors (Lipinski definition) is 1. The number of rotatable bonds is 7. The second kappa shape index (κ2) is 10.4. The van der Waals surface area contributed by atoms with Gasteiger partial charge in [-0.2, -0.15) is 0 Å². The summed E-state index contributed by atoms with van der Waals surface area (Å²) in [4.78, 5) is 53.1. The molecule has 1 heterocycles. The summed E-state index contributed by atoms with van der Waals surface area (Å²) >= 11 is 5.98. The summed E-state index contributed by atoms with van der Waals surface area (Å²) in [6.45, 7) is -0.520. The van der Waals surface area contributed by atoms with E-state index < -0.39 is 18.5 Å². The second-order valence-corrected chi connectivity index (χ2v) is 10.9. The van der Waals surface area contributed by atoms with E-state index in [0.29, 0.717) is 28.1 Å². The van der Waals surface area contributed by atoms with Gasteiger partial charge in [-0.3, -0.25) is 19.3 Å². The molecule has 9 heteroatoms. The van der Waals surface area contributed by atoms with Crippen LogP contribution in [-0.2, 0) is 19.1 Å². The molecule has 2 aliphatic carbocycles. The van der Waals surface area contributed by atoms with Crippen LogP contribution in [0, 0.1) is 23.7 Å². The van der Waals surface area contributed by atoms with E-state index >= 15 is 0 Å². The predicted molar refractivity (Wildman–Crippen MR) is 148 cm³/mol. The van der Waals surface area contributed by atoms with Crippen molar-refractivity contribution >= 4 is 46.7 Å². The summed E-state index contributed by atoms with van der Waals surface area (Å²) in [6, 6.07) is 21.1. The molecule has 3 amide bonds. The number of carbonyl (C=O) groups excluding carboxylic acids is 4. The number of imide groups is 1. The van der Waals surface area contributed by atoms with Crippen LogP contribution in [0.15, 0.2) is 72.8 Å². The van der Waals surface area contributed by atoms with Crippen LogP contribution in [0.1, 0.15) is 34.7 Å². The Hall–Kier alpha value is -4.17. The molecule has 3 aromatic carbocycles. The maximum atomic E-state index is 13.5. The van der Waals surface area contributed by atoms with Gasteiger partial charge >= 0.3 is 5.97 Å². The van der Waals surface area contributed by atoms with Gasteiger partial charge in [-0.25, -0.2) is 4.79 Å². The number of benzene rings is 3. The third-order valence-electron chi connectivity index (χ3n) is 8.37. The largest absolute Gasteiger partial charge is 0.495 e. The van der Waals surface area contributed by atoms with Crippen molar-refractivity contribution in [1.29, 1.82) is 0 Å². The Labute approximate surface area is 236 Å². The van der Waals surface area contributed by atoms with E-state index in [-0.39, 0.29) is 41.0 Å². The van der Waals surface area contributed by atoms with Gasteiger partial charge in [0.2, 0.25) is 11.8 Å². The van der Waals surface area contributed by atoms with Crippen molar-refractivity contribution in [3.63, 3.8) is 0 Å². The van der Waals surface area contributed by atoms with Crippen molar-refractivity contribution in [2.75, 3.05) is 23.9 Å². The normalized spacial score (nSPS) is 24.6. The summed E-state index contributed by atoms with van der Waals surface area (Å²) in [7, 11) is 1.46. The van der Waals surface area contributed by atoms with Crippen molar-refractivity contribution in [1.82, 2.24) is 0 Å². The Bertz CT molecular complexity index is 1490. The summed E-state index contributed by atoms with van der Waals surface area (Å²) < 4.78 is 10.3. The maximum Gasteiger partial charge on any atom is 0.338 e. The summed E-state index contributed by atoms with van der Waals surface area (Å²) in [5, 5.41) is 3.02. The molecule has 3 aromatic rings. The minimum Gasteiger partial charge on any atom is -0.495 e. The zero-order valence-corrected chi connectivity index (χ0v) is 22.5. The Kier molecular flexibility index (Phi) is 6.80. The van der Waals surface area contributed by atoms with Crippen LogP contribution in [0.25, 0.3) is 0 Å². The van der Waals surface area contributed by atoms with Gasteiger partial charge in [0.1, 0.15) is 5.75 Å². The molecule has 0 spiro atoms. The molecule has 0 radical (unpaired) electrons. The molecule has 1 aliphatic heterocycles. The highest BCUT2D eigenvalue weighted by molar-refractivity contribution is 6.31.